The second-order valence-corrected chi connectivity index (χ2v) is 8.91. The molecule has 2 aromatic rings. The Morgan fingerprint density at radius 3 is 2.70 bits per heavy atom. The number of hydrogen-bond donors (Lipinski definition) is 1. The number of hydrazone groups is 1. The first-order valence-electron chi connectivity index (χ1n) is 9.43. The van der Waals surface area contributed by atoms with E-state index in [1.165, 1.54) is 16.8 Å². The van der Waals surface area contributed by atoms with E-state index in [-0.39, 0.29) is 11.4 Å². The summed E-state index contributed by atoms with van der Waals surface area (Å²) in [7, 11) is 0. The molecule has 3 heterocycles. The Balaban J connectivity index is 1.74. The fourth-order valence-electron chi connectivity index (χ4n) is 3.47. The van der Waals surface area contributed by atoms with Gasteiger partial charge in [0.05, 0.1) is 16.3 Å². The molecule has 0 spiro atoms. The maximum Gasteiger partial charge on any atom is 0.283 e. The van der Waals surface area contributed by atoms with Gasteiger partial charge in [-0.15, -0.1) is 0 Å². The van der Waals surface area contributed by atoms with Crippen LogP contribution in [0.3, 0.4) is 0 Å². The molecule has 1 N–H and O–H groups in total. The number of rotatable bonds is 4. The normalized spacial score (nSPS) is 17.5. The lowest BCUT2D eigenvalue weighted by Gasteiger charge is -2.20. The van der Waals surface area contributed by atoms with Gasteiger partial charge in [-0.25, -0.2) is 0 Å². The lowest BCUT2D eigenvalue weighted by molar-refractivity contribution is -0.114. The van der Waals surface area contributed by atoms with Crippen molar-refractivity contribution in [3.8, 4) is 5.69 Å². The highest BCUT2D eigenvalue weighted by Gasteiger charge is 2.35. The first kappa shape index (κ1) is 20.9. The van der Waals surface area contributed by atoms with Crippen molar-refractivity contribution in [2.45, 2.75) is 33.6 Å². The van der Waals surface area contributed by atoms with Crippen LogP contribution in [0.1, 0.15) is 36.7 Å². The van der Waals surface area contributed by atoms with Gasteiger partial charge in [-0.1, -0.05) is 30.1 Å². The molecule has 2 aliphatic heterocycles. The number of nitrogens with zero attached hydrogens (tertiary/aromatic N) is 4. The molecule has 0 fully saturated rings. The number of carbonyl (C=O) groups excluding carboxylic acids is 1. The van der Waals surface area contributed by atoms with E-state index in [4.69, 9.17) is 28.6 Å². The maximum absolute atomic E-state index is 12.7. The second-order valence-electron chi connectivity index (χ2n) is 7.02. The van der Waals surface area contributed by atoms with Crippen molar-refractivity contribution in [3.05, 3.63) is 56.8 Å². The summed E-state index contributed by atoms with van der Waals surface area (Å²) in [6.07, 6.45) is 3.44. The molecule has 154 valence electrons. The number of thioether (sulfide) groups is 1. The highest BCUT2D eigenvalue weighted by Crippen LogP contribution is 2.32. The Bertz CT molecular complexity index is 1180. The van der Waals surface area contributed by atoms with Gasteiger partial charge in [0.1, 0.15) is 5.04 Å². The van der Waals surface area contributed by atoms with Crippen LogP contribution in [0.25, 0.3) is 11.8 Å². The Hall–Kier alpha value is -2.35. The Kier molecular flexibility index (Phi) is 5.61. The van der Waals surface area contributed by atoms with Crippen molar-refractivity contribution in [3.63, 3.8) is 0 Å². The Morgan fingerprint density at radius 1 is 1.23 bits per heavy atom. The molecule has 0 saturated carbocycles. The standard InChI is InChI=1S/C21H19Cl2N5OS/c1-4-5-18-26-28-19(24)15(20(29)25-21(28)30-18)9-13-8-11(2)27(12(13)3)17-7-6-14(22)10-16(17)23/h6-10,24H,4-5H2,1-3H3/b15-9-,24-19?. The van der Waals surface area contributed by atoms with Gasteiger partial charge in [-0.3, -0.25) is 10.2 Å². The number of halogens is 2. The summed E-state index contributed by atoms with van der Waals surface area (Å²) in [5.41, 5.74) is 3.67. The third kappa shape index (κ3) is 3.62. The molecule has 0 bridgehead atoms. The summed E-state index contributed by atoms with van der Waals surface area (Å²) in [5, 5.41) is 16.8. The number of aliphatic imine (C=N–C) groups is 1. The molecule has 0 unspecified atom stereocenters. The molecule has 0 atom stereocenters. The van der Waals surface area contributed by atoms with Gasteiger partial charge in [0.2, 0.25) is 5.17 Å². The maximum atomic E-state index is 12.7. The molecule has 1 aromatic carbocycles. The number of carbonyl (C=O) groups is 1. The molecule has 6 nitrogen and oxygen atoms in total. The molecule has 0 aliphatic carbocycles. The van der Waals surface area contributed by atoms with Gasteiger partial charge in [-0.2, -0.15) is 15.1 Å². The van der Waals surface area contributed by atoms with Gasteiger partial charge in [-0.05, 0) is 74.4 Å². The van der Waals surface area contributed by atoms with Crippen LogP contribution in [0.5, 0.6) is 0 Å². The van der Waals surface area contributed by atoms with E-state index in [9.17, 15) is 4.79 Å². The van der Waals surface area contributed by atoms with Crippen LogP contribution in [0.15, 0.2) is 39.9 Å². The number of aryl methyl sites for hydroxylation is 1. The quantitative estimate of drug-likeness (QED) is 0.585. The average Bonchev–Trinajstić information content (AvgIpc) is 3.20. The van der Waals surface area contributed by atoms with E-state index in [2.05, 4.69) is 17.0 Å². The van der Waals surface area contributed by atoms with E-state index in [1.807, 2.05) is 30.5 Å². The third-order valence-corrected chi connectivity index (χ3v) is 6.39. The van der Waals surface area contributed by atoms with Crippen LogP contribution in [-0.2, 0) is 4.79 Å². The van der Waals surface area contributed by atoms with Crippen molar-refractivity contribution >= 4 is 63.0 Å². The molecule has 1 amide bonds. The van der Waals surface area contributed by atoms with Crippen molar-refractivity contribution in [2.24, 2.45) is 10.1 Å². The average molecular weight is 460 g/mol. The smallest absolute Gasteiger partial charge is 0.283 e. The Morgan fingerprint density at radius 2 is 2.00 bits per heavy atom. The van der Waals surface area contributed by atoms with Gasteiger partial charge < -0.3 is 4.57 Å². The number of hydrogen-bond acceptors (Lipinski definition) is 4. The number of amides is 1. The van der Waals surface area contributed by atoms with E-state index in [1.54, 1.807) is 18.2 Å². The summed E-state index contributed by atoms with van der Waals surface area (Å²) in [4.78, 5) is 16.8. The molecule has 4 rings (SSSR count). The van der Waals surface area contributed by atoms with Crippen molar-refractivity contribution in [2.75, 3.05) is 0 Å². The zero-order valence-electron chi connectivity index (χ0n) is 16.7. The number of fused-ring (bicyclic) bond motifs is 1. The fraction of sp³-hybridized carbons (Fsp3) is 0.238. The number of aromatic nitrogens is 1. The van der Waals surface area contributed by atoms with E-state index < -0.39 is 5.91 Å². The summed E-state index contributed by atoms with van der Waals surface area (Å²) in [6.45, 7) is 5.97. The first-order chi connectivity index (χ1) is 14.3. The molecule has 30 heavy (non-hydrogen) atoms. The fourth-order valence-corrected chi connectivity index (χ4v) is 4.95. The summed E-state index contributed by atoms with van der Waals surface area (Å²) < 4.78 is 2.00. The molecular formula is C21H19Cl2N5OS. The van der Waals surface area contributed by atoms with Crippen molar-refractivity contribution in [1.29, 1.82) is 5.41 Å². The lowest BCUT2D eigenvalue weighted by Crippen LogP contribution is -2.35. The predicted molar refractivity (Wildman–Crippen MR) is 125 cm³/mol. The molecule has 9 heteroatoms. The zero-order valence-corrected chi connectivity index (χ0v) is 19.0. The van der Waals surface area contributed by atoms with Crippen LogP contribution in [-0.4, -0.2) is 31.5 Å². The first-order valence-corrected chi connectivity index (χ1v) is 11.0. The Labute approximate surface area is 188 Å². The summed E-state index contributed by atoms with van der Waals surface area (Å²) >= 11 is 13.8. The monoisotopic (exact) mass is 459 g/mol. The highest BCUT2D eigenvalue weighted by atomic mass is 35.5. The van der Waals surface area contributed by atoms with Crippen LogP contribution < -0.4 is 0 Å². The number of amidine groups is 2. The highest BCUT2D eigenvalue weighted by molar-refractivity contribution is 8.26. The van der Waals surface area contributed by atoms with Gasteiger partial charge in [0.15, 0.2) is 5.84 Å². The minimum Gasteiger partial charge on any atom is -0.316 e. The van der Waals surface area contributed by atoms with E-state index in [0.29, 0.717) is 15.2 Å². The largest absolute Gasteiger partial charge is 0.316 e. The van der Waals surface area contributed by atoms with Crippen LogP contribution in [0.2, 0.25) is 10.0 Å². The van der Waals surface area contributed by atoms with Crippen molar-refractivity contribution in [1.82, 2.24) is 9.58 Å². The van der Waals surface area contributed by atoms with Crippen LogP contribution in [0, 0.1) is 19.3 Å². The molecular weight excluding hydrogens is 441 g/mol. The second kappa shape index (κ2) is 8.06. The van der Waals surface area contributed by atoms with Crippen molar-refractivity contribution < 1.29 is 4.79 Å². The summed E-state index contributed by atoms with van der Waals surface area (Å²) in [5.74, 6) is -0.390. The number of nitrogens with one attached hydrogen (secondary N) is 1. The molecule has 0 saturated heterocycles. The summed E-state index contributed by atoms with van der Waals surface area (Å²) in [6, 6.07) is 7.30. The minimum absolute atomic E-state index is 0.0398. The van der Waals surface area contributed by atoms with E-state index in [0.717, 1.165) is 40.5 Å². The minimum atomic E-state index is -0.430. The van der Waals surface area contributed by atoms with Crippen LogP contribution >= 0.6 is 35.0 Å². The predicted octanol–water partition coefficient (Wildman–Crippen LogP) is 5.82. The van der Waals surface area contributed by atoms with Gasteiger partial charge >= 0.3 is 0 Å². The lowest BCUT2D eigenvalue weighted by atomic mass is 10.1. The topological polar surface area (TPSA) is 73.8 Å². The number of benzene rings is 1. The van der Waals surface area contributed by atoms with Gasteiger partial charge in [0.25, 0.3) is 5.91 Å². The molecule has 1 aromatic heterocycles. The van der Waals surface area contributed by atoms with Crippen LogP contribution in [0.4, 0.5) is 0 Å². The molecule has 2 aliphatic rings. The SMILES string of the molecule is CCCC1=NN2C(=N)/C(=C/c3cc(C)n(-c4ccc(Cl)cc4Cl)c3C)C(=O)N=C2S1. The van der Waals surface area contributed by atoms with E-state index >= 15 is 0 Å². The molecule has 0 radical (unpaired) electrons. The third-order valence-electron chi connectivity index (χ3n) is 4.88. The van der Waals surface area contributed by atoms with Gasteiger partial charge in [0, 0.05) is 16.4 Å². The zero-order chi connectivity index (χ0) is 21.6.